The topological polar surface area (TPSA) is 226 Å². The molecule has 0 bridgehead atoms. The van der Waals surface area contributed by atoms with Crippen LogP contribution in [0.1, 0.15) is 27.7 Å². The molecule has 15 nitrogen and oxygen atoms in total. The van der Waals surface area contributed by atoms with E-state index in [-0.39, 0.29) is 35.8 Å². The van der Waals surface area contributed by atoms with Crippen LogP contribution >= 0.6 is 23.5 Å². The van der Waals surface area contributed by atoms with Gasteiger partial charge in [0, 0.05) is 9.49 Å². The Bertz CT molecular complexity index is 1580. The molecule has 49 heavy (non-hydrogen) atoms. The second kappa shape index (κ2) is 15.0. The number of rotatable bonds is 9. The average molecular weight is 719 g/mol. The zero-order valence-electron chi connectivity index (χ0n) is 27.0. The summed E-state index contributed by atoms with van der Waals surface area (Å²) in [5, 5.41) is 28.8. The van der Waals surface area contributed by atoms with Gasteiger partial charge in [-0.05, 0) is 52.0 Å². The van der Waals surface area contributed by atoms with Crippen molar-refractivity contribution in [3.05, 3.63) is 60.7 Å². The lowest BCUT2D eigenvalue weighted by Crippen LogP contribution is -2.70. The lowest BCUT2D eigenvalue weighted by molar-refractivity contribution is -0.161. The van der Waals surface area contributed by atoms with Crippen molar-refractivity contribution in [2.75, 3.05) is 13.2 Å². The van der Waals surface area contributed by atoms with E-state index in [2.05, 4.69) is 5.32 Å². The highest BCUT2D eigenvalue weighted by Gasteiger charge is 2.64. The van der Waals surface area contributed by atoms with Crippen LogP contribution in [0.2, 0.25) is 0 Å². The van der Waals surface area contributed by atoms with E-state index in [0.717, 1.165) is 0 Å². The first-order valence-corrected chi connectivity index (χ1v) is 16.8. The smallest absolute Gasteiger partial charge is 0.341 e. The first kappa shape index (κ1) is 37.3. The number of nitrogens with two attached hydrogens (primary N) is 1. The zero-order chi connectivity index (χ0) is 36.3. The standard InChI is InChI=1S/C16H18N2O5S.C8H12N2O3S.C8H8O3/c1-16(2)12(15(21)22)18-13(20)11(14(18)24-16)17-10(19)8-23-9-6-4-3-5-7-9;1-8(2)4(7(12)13)10-5(11)3(9)6(10)14-8;9-8(10)6-11-7-4-2-1-3-5-7/h3-7,11-12,14H,8H2,1-2H3,(H,17,19)(H,21,22);3-4,6H,9H2,1-2H3,(H,12,13);1-5H,6H2,(H,9,10)/t11-,12+,14-;3-,4+,6-;/m11./s1. The van der Waals surface area contributed by atoms with E-state index in [1.54, 1.807) is 62.4 Å². The van der Waals surface area contributed by atoms with Gasteiger partial charge in [-0.25, -0.2) is 14.4 Å². The van der Waals surface area contributed by atoms with E-state index in [1.807, 2.05) is 26.0 Å². The maximum Gasteiger partial charge on any atom is 0.341 e. The minimum Gasteiger partial charge on any atom is -0.484 e. The van der Waals surface area contributed by atoms with E-state index >= 15 is 0 Å². The van der Waals surface area contributed by atoms with Gasteiger partial charge in [0.05, 0.1) is 0 Å². The largest absolute Gasteiger partial charge is 0.484 e. The first-order chi connectivity index (χ1) is 23.0. The molecule has 6 rings (SSSR count). The number of carbonyl (C=O) groups excluding carboxylic acids is 3. The summed E-state index contributed by atoms with van der Waals surface area (Å²) in [6.45, 7) is 6.75. The third-order valence-electron chi connectivity index (χ3n) is 7.93. The molecule has 0 spiro atoms. The van der Waals surface area contributed by atoms with Crippen LogP contribution in [-0.2, 0) is 28.8 Å². The van der Waals surface area contributed by atoms with Crippen molar-refractivity contribution in [1.29, 1.82) is 0 Å². The molecule has 6 N–H and O–H groups in total. The van der Waals surface area contributed by atoms with Crippen LogP contribution < -0.4 is 20.5 Å². The molecule has 2 aromatic rings. The van der Waals surface area contributed by atoms with Gasteiger partial charge in [-0.3, -0.25) is 14.4 Å². The number of carboxylic acids is 3. The van der Waals surface area contributed by atoms with Crippen molar-refractivity contribution in [2.45, 2.75) is 72.1 Å². The summed E-state index contributed by atoms with van der Waals surface area (Å²) in [6.07, 6.45) is 0. The van der Waals surface area contributed by atoms with Gasteiger partial charge in [-0.1, -0.05) is 36.4 Å². The van der Waals surface area contributed by atoms with Gasteiger partial charge >= 0.3 is 17.9 Å². The quantitative estimate of drug-likeness (QED) is 0.231. The molecule has 4 aliphatic heterocycles. The number of benzene rings is 2. The summed E-state index contributed by atoms with van der Waals surface area (Å²) in [4.78, 5) is 70.8. The molecule has 2 aromatic carbocycles. The van der Waals surface area contributed by atoms with E-state index in [1.165, 1.54) is 33.3 Å². The predicted molar refractivity (Wildman–Crippen MR) is 179 cm³/mol. The Morgan fingerprint density at radius 2 is 1.16 bits per heavy atom. The van der Waals surface area contributed by atoms with E-state index in [4.69, 9.17) is 25.4 Å². The van der Waals surface area contributed by atoms with Gasteiger partial charge in [0.1, 0.15) is 46.4 Å². The number of ether oxygens (including phenoxy) is 2. The van der Waals surface area contributed by atoms with Gasteiger partial charge in [0.15, 0.2) is 13.2 Å². The summed E-state index contributed by atoms with van der Waals surface area (Å²) >= 11 is 2.86. The number of β-lactam (4-membered cyclic amide) rings is 2. The maximum absolute atomic E-state index is 12.2. The van der Waals surface area contributed by atoms with E-state index < -0.39 is 57.5 Å². The van der Waals surface area contributed by atoms with E-state index in [0.29, 0.717) is 11.5 Å². The van der Waals surface area contributed by atoms with Gasteiger partial charge < -0.3 is 45.6 Å². The molecule has 4 aliphatic rings. The minimum atomic E-state index is -1.03. The second-order valence-corrected chi connectivity index (χ2v) is 15.9. The van der Waals surface area contributed by atoms with Crippen LogP contribution in [0.25, 0.3) is 0 Å². The number of fused-ring (bicyclic) bond motifs is 2. The Hall–Kier alpha value is -4.48. The van der Waals surface area contributed by atoms with Crippen LogP contribution in [0.3, 0.4) is 0 Å². The summed E-state index contributed by atoms with van der Waals surface area (Å²) < 4.78 is 9.15. The highest BCUT2D eigenvalue weighted by molar-refractivity contribution is 8.02. The average Bonchev–Trinajstić information content (AvgIpc) is 3.47. The van der Waals surface area contributed by atoms with Crippen LogP contribution in [0, 0.1) is 0 Å². The fourth-order valence-electron chi connectivity index (χ4n) is 5.73. The van der Waals surface area contributed by atoms with Gasteiger partial charge in [-0.15, -0.1) is 23.5 Å². The minimum absolute atomic E-state index is 0.154. The third kappa shape index (κ3) is 8.22. The summed E-state index contributed by atoms with van der Waals surface area (Å²) in [5.74, 6) is -2.82. The SMILES string of the molecule is CC1(C)S[C@@H]2[C@H](N)C(=O)N2[C@H]1C(=O)O.CC1(C)S[C@@H]2[C@H](NC(=O)COc3ccccc3)C(=O)N2[C@H]1C(=O)O.O=C(O)COc1ccccc1. The van der Waals surface area contributed by atoms with Crippen LogP contribution in [0.15, 0.2) is 60.7 Å². The Kier molecular flexibility index (Phi) is 11.4. The first-order valence-electron chi connectivity index (χ1n) is 15.0. The Morgan fingerprint density at radius 3 is 1.61 bits per heavy atom. The van der Waals surface area contributed by atoms with Crippen molar-refractivity contribution in [3.8, 4) is 11.5 Å². The molecule has 6 atom stereocenters. The zero-order valence-corrected chi connectivity index (χ0v) is 28.7. The Balaban J connectivity index is 0.000000183. The van der Waals surface area contributed by atoms with E-state index in [9.17, 15) is 33.9 Å². The Morgan fingerprint density at radius 1 is 0.735 bits per heavy atom. The van der Waals surface area contributed by atoms with Gasteiger partial charge in [0.25, 0.3) is 5.91 Å². The van der Waals surface area contributed by atoms with Crippen LogP contribution in [0.4, 0.5) is 0 Å². The van der Waals surface area contributed by atoms with Crippen molar-refractivity contribution >= 4 is 59.2 Å². The number of nitrogens with one attached hydrogen (secondary N) is 1. The number of hydrogen-bond acceptors (Lipinski definition) is 11. The van der Waals surface area contributed by atoms with Gasteiger partial charge in [-0.2, -0.15) is 0 Å². The van der Waals surface area contributed by atoms with Crippen molar-refractivity contribution < 1.29 is 53.6 Å². The van der Waals surface area contributed by atoms with Crippen molar-refractivity contribution in [3.63, 3.8) is 0 Å². The van der Waals surface area contributed by atoms with Crippen molar-refractivity contribution in [1.82, 2.24) is 15.1 Å². The fraction of sp³-hybridized carbons (Fsp3) is 0.438. The molecule has 17 heteroatoms. The molecule has 4 fully saturated rings. The molecule has 0 aromatic heterocycles. The molecular weight excluding hydrogens is 681 g/mol. The number of carboxylic acid groups (broad SMARTS) is 3. The highest BCUT2D eigenvalue weighted by atomic mass is 32.2. The number of nitrogens with zero attached hydrogens (tertiary/aromatic N) is 2. The lowest BCUT2D eigenvalue weighted by atomic mass is 9.96. The summed E-state index contributed by atoms with van der Waals surface area (Å²) in [5.41, 5.74) is 5.59. The molecule has 4 heterocycles. The number of thioether (sulfide) groups is 2. The van der Waals surface area contributed by atoms with Crippen LogP contribution in [0.5, 0.6) is 11.5 Å². The number of para-hydroxylation sites is 2. The number of aliphatic carboxylic acids is 3. The fourth-order valence-corrected chi connectivity index (χ4v) is 8.92. The number of amides is 3. The number of carbonyl (C=O) groups is 6. The maximum atomic E-state index is 12.2. The normalized spacial score (nSPS) is 26.6. The molecule has 0 unspecified atom stereocenters. The molecule has 4 saturated heterocycles. The second-order valence-electron chi connectivity index (χ2n) is 12.4. The predicted octanol–water partition coefficient (Wildman–Crippen LogP) is 1.31. The lowest BCUT2D eigenvalue weighted by Gasteiger charge is -2.43. The monoisotopic (exact) mass is 718 g/mol. The summed E-state index contributed by atoms with van der Waals surface area (Å²) in [7, 11) is 0. The molecule has 3 amide bonds. The molecule has 0 radical (unpaired) electrons. The third-order valence-corrected chi connectivity index (χ3v) is 11.1. The number of hydrogen-bond donors (Lipinski definition) is 5. The Labute approximate surface area is 290 Å². The summed E-state index contributed by atoms with van der Waals surface area (Å²) in [6, 6.07) is 14.9. The van der Waals surface area contributed by atoms with Crippen molar-refractivity contribution in [2.24, 2.45) is 5.73 Å². The molecule has 264 valence electrons. The highest BCUT2D eigenvalue weighted by Crippen LogP contribution is 2.51. The van der Waals surface area contributed by atoms with Gasteiger partial charge in [0.2, 0.25) is 11.8 Å². The van der Waals surface area contributed by atoms with Crippen LogP contribution in [-0.4, -0.2) is 118 Å². The molecular formula is C32H38N4O11S2. The molecule has 0 saturated carbocycles. The molecule has 0 aliphatic carbocycles.